The van der Waals surface area contributed by atoms with Gasteiger partial charge in [-0.25, -0.2) is 28.6 Å². The molecule has 304 valence electrons. The molecule has 1 amide bonds. The Morgan fingerprint density at radius 1 is 0.930 bits per heavy atom. The highest BCUT2D eigenvalue weighted by atomic mass is 19.4. The summed E-state index contributed by atoms with van der Waals surface area (Å²) in [5.41, 5.74) is 7.04. The summed E-state index contributed by atoms with van der Waals surface area (Å²) in [7, 11) is 0. The van der Waals surface area contributed by atoms with Gasteiger partial charge in [-0.2, -0.15) is 36.7 Å². The van der Waals surface area contributed by atoms with E-state index in [0.29, 0.717) is 47.7 Å². The Morgan fingerprint density at radius 2 is 1.54 bits per heavy atom. The lowest BCUT2D eigenvalue weighted by Crippen LogP contribution is -2.51. The van der Waals surface area contributed by atoms with Crippen molar-refractivity contribution >= 4 is 34.7 Å². The van der Waals surface area contributed by atoms with Crippen LogP contribution in [0.4, 0.5) is 36.6 Å². The molecular weight excluding hydrogens is 773 g/mol. The Labute approximate surface area is 319 Å². The molecule has 0 radical (unpaired) electrons. The molecule has 0 saturated carbocycles. The van der Waals surface area contributed by atoms with Gasteiger partial charge in [0.2, 0.25) is 0 Å². The van der Waals surface area contributed by atoms with Gasteiger partial charge < -0.3 is 25.6 Å². The van der Waals surface area contributed by atoms with E-state index in [1.807, 2.05) is 32.0 Å². The van der Waals surface area contributed by atoms with E-state index >= 15 is 4.39 Å². The maximum Gasteiger partial charge on any atom is 0.490 e. The highest BCUT2D eigenvalue weighted by Crippen LogP contribution is 2.37. The van der Waals surface area contributed by atoms with Gasteiger partial charge in [-0.1, -0.05) is 18.2 Å². The fourth-order valence-electron chi connectivity index (χ4n) is 5.80. The Balaban J connectivity index is 0.000000440. The summed E-state index contributed by atoms with van der Waals surface area (Å²) in [6, 6.07) is 15.6. The van der Waals surface area contributed by atoms with Gasteiger partial charge in [0, 0.05) is 43.3 Å². The zero-order valence-electron chi connectivity index (χ0n) is 30.2. The summed E-state index contributed by atoms with van der Waals surface area (Å²) in [4.78, 5) is 43.9. The van der Waals surface area contributed by atoms with Crippen LogP contribution in [0, 0.1) is 17.1 Å². The number of rotatable bonds is 7. The molecule has 0 aliphatic carbocycles. The number of piperidine rings is 1. The topological polar surface area (TPSA) is 201 Å². The molecule has 4 aromatic rings. The molecule has 2 aliphatic heterocycles. The van der Waals surface area contributed by atoms with Crippen molar-refractivity contribution in [1.82, 2.24) is 29.5 Å². The number of alkyl halides is 6. The van der Waals surface area contributed by atoms with Gasteiger partial charge in [-0.15, -0.1) is 0 Å². The number of fused-ring (bicyclic) bond motifs is 1. The summed E-state index contributed by atoms with van der Waals surface area (Å²) in [5, 5.41) is 29.4. The Kier molecular flexibility index (Phi) is 13.5. The van der Waals surface area contributed by atoms with Gasteiger partial charge >= 0.3 is 24.3 Å². The number of ether oxygens (including phenoxy) is 1. The van der Waals surface area contributed by atoms with Crippen molar-refractivity contribution in [2.45, 2.75) is 57.0 Å². The van der Waals surface area contributed by atoms with Gasteiger partial charge in [-0.3, -0.25) is 9.69 Å². The number of para-hydroxylation sites is 1. The molecule has 2 aromatic carbocycles. The monoisotopic (exact) mass is 808 g/mol. The van der Waals surface area contributed by atoms with Crippen molar-refractivity contribution < 1.29 is 60.1 Å². The second kappa shape index (κ2) is 17.7. The number of carbonyl (C=O) groups excluding carboxylic acids is 1. The summed E-state index contributed by atoms with van der Waals surface area (Å²) in [5.74, 6) is -5.22. The number of carboxylic acids is 2. The lowest BCUT2D eigenvalue weighted by atomic mass is 9.94. The van der Waals surface area contributed by atoms with E-state index in [0.717, 1.165) is 25.9 Å². The van der Waals surface area contributed by atoms with E-state index in [1.165, 1.54) is 12.4 Å². The van der Waals surface area contributed by atoms with Crippen LogP contribution in [0.2, 0.25) is 0 Å². The fraction of sp³-hybridized carbons (Fsp3) is 0.361. The highest BCUT2D eigenvalue weighted by molar-refractivity contribution is 5.99. The zero-order chi connectivity index (χ0) is 42.3. The third kappa shape index (κ3) is 10.9. The number of nitrogen functional groups attached to an aromatic ring is 1. The minimum Gasteiger partial charge on any atom is -0.475 e. The fourth-order valence-corrected chi connectivity index (χ4v) is 5.80. The molecule has 0 spiro atoms. The number of benzene rings is 2. The molecule has 2 fully saturated rings. The Bertz CT molecular complexity index is 2140. The van der Waals surface area contributed by atoms with E-state index in [2.05, 4.69) is 20.9 Å². The van der Waals surface area contributed by atoms with Crippen molar-refractivity contribution in [3.05, 3.63) is 72.3 Å². The molecular formula is C36H35F7N8O6. The molecule has 57 heavy (non-hydrogen) atoms. The number of nitriles is 1. The van der Waals surface area contributed by atoms with Gasteiger partial charge in [0.05, 0.1) is 11.4 Å². The molecule has 14 nitrogen and oxygen atoms in total. The van der Waals surface area contributed by atoms with Crippen LogP contribution in [0.25, 0.3) is 22.3 Å². The minimum atomic E-state index is -5.08. The first-order valence-electron chi connectivity index (χ1n) is 16.9. The standard InChI is InChI=1S/C32H33FN8O2.2C2HF3O2/c1-32(2,40-14-7-15-40)17-21(18-34)31(42)39-13-6-8-22(19-39)41-30-27(29(35)36-20-37-30)28(38-41)25-12-11-24(16-26(25)33)43-23-9-4-3-5-10-23;2*3-2(4,5)1(6)7/h3-5,9-12,16-17,20,22H,6-8,13-15,19H2,1-2H3,(H2,35,36,37);2*(H,6,7)/b21-17-;;/t22-;;/m1../s1. The van der Waals surface area contributed by atoms with Gasteiger partial charge in [0.15, 0.2) is 5.65 Å². The minimum absolute atomic E-state index is 0.134. The summed E-state index contributed by atoms with van der Waals surface area (Å²) in [6.45, 7) is 6.80. The highest BCUT2D eigenvalue weighted by Gasteiger charge is 2.39. The van der Waals surface area contributed by atoms with E-state index in [-0.39, 0.29) is 34.4 Å². The molecule has 4 heterocycles. The summed E-state index contributed by atoms with van der Waals surface area (Å²) < 4.78 is 86.5. The van der Waals surface area contributed by atoms with Crippen LogP contribution in [0.5, 0.6) is 11.5 Å². The largest absolute Gasteiger partial charge is 0.490 e. The number of nitrogens with two attached hydrogens (primary N) is 1. The van der Waals surface area contributed by atoms with Crippen LogP contribution in [0.1, 0.15) is 39.2 Å². The average molecular weight is 809 g/mol. The first-order valence-corrected chi connectivity index (χ1v) is 16.9. The number of aliphatic carboxylic acids is 2. The maximum atomic E-state index is 15.6. The number of hydrogen-bond acceptors (Lipinski definition) is 10. The van der Waals surface area contributed by atoms with Gasteiger partial charge in [0.25, 0.3) is 5.91 Å². The van der Waals surface area contributed by atoms with Crippen LogP contribution in [-0.4, -0.2) is 102 Å². The average Bonchev–Trinajstić information content (AvgIpc) is 3.50. The number of hydrogen-bond donors (Lipinski definition) is 3. The van der Waals surface area contributed by atoms with Crippen LogP contribution in [-0.2, 0) is 14.4 Å². The molecule has 2 saturated heterocycles. The predicted molar refractivity (Wildman–Crippen MR) is 188 cm³/mol. The van der Waals surface area contributed by atoms with Gasteiger partial charge in [0.1, 0.15) is 46.8 Å². The smallest absolute Gasteiger partial charge is 0.475 e. The molecule has 2 aliphatic rings. The quantitative estimate of drug-likeness (QED) is 0.106. The molecule has 6 rings (SSSR count). The van der Waals surface area contributed by atoms with Crippen LogP contribution >= 0.6 is 0 Å². The van der Waals surface area contributed by atoms with E-state index in [1.54, 1.807) is 39.9 Å². The van der Waals surface area contributed by atoms with Crippen molar-refractivity contribution in [1.29, 1.82) is 5.26 Å². The van der Waals surface area contributed by atoms with Gasteiger partial charge in [-0.05, 0) is 63.5 Å². The van der Waals surface area contributed by atoms with E-state index < -0.39 is 30.1 Å². The van der Waals surface area contributed by atoms with E-state index in [9.17, 15) is 36.4 Å². The number of halogens is 7. The number of likely N-dealkylation sites (tertiary alicyclic amines) is 2. The third-order valence-corrected chi connectivity index (χ3v) is 8.73. The maximum absolute atomic E-state index is 15.6. The lowest BCUT2D eigenvalue weighted by Gasteiger charge is -2.43. The zero-order valence-corrected chi connectivity index (χ0v) is 30.2. The number of anilines is 1. The summed E-state index contributed by atoms with van der Waals surface area (Å²) >= 11 is 0. The molecule has 1 atom stereocenters. The summed E-state index contributed by atoms with van der Waals surface area (Å²) in [6.07, 6.45) is -4.48. The molecule has 21 heteroatoms. The number of nitrogens with zero attached hydrogens (tertiary/aromatic N) is 7. The number of aromatic nitrogens is 4. The third-order valence-electron chi connectivity index (χ3n) is 8.73. The Hall–Kier alpha value is -6.30. The number of carbonyl (C=O) groups is 3. The van der Waals surface area contributed by atoms with E-state index in [4.69, 9.17) is 35.4 Å². The molecule has 0 bridgehead atoms. The van der Waals surface area contributed by atoms with Crippen molar-refractivity contribution in [2.75, 3.05) is 31.9 Å². The van der Waals surface area contributed by atoms with Crippen LogP contribution in [0.15, 0.2) is 66.5 Å². The van der Waals surface area contributed by atoms with Crippen LogP contribution < -0.4 is 10.5 Å². The molecule has 4 N–H and O–H groups in total. The molecule has 0 unspecified atom stereocenters. The number of carboxylic acid groups (broad SMARTS) is 2. The first-order chi connectivity index (χ1) is 26.6. The Morgan fingerprint density at radius 3 is 2.07 bits per heavy atom. The number of amides is 1. The van der Waals surface area contributed by atoms with Crippen molar-refractivity contribution in [2.24, 2.45) is 0 Å². The lowest BCUT2D eigenvalue weighted by molar-refractivity contribution is -0.193. The first kappa shape index (κ1) is 43.4. The normalized spacial score (nSPS) is 16.2. The second-order valence-electron chi connectivity index (χ2n) is 13.1. The second-order valence-corrected chi connectivity index (χ2v) is 13.1. The predicted octanol–water partition coefficient (Wildman–Crippen LogP) is 6.37. The van der Waals surface area contributed by atoms with Crippen molar-refractivity contribution in [3.8, 4) is 28.8 Å². The molecule has 2 aromatic heterocycles. The van der Waals surface area contributed by atoms with Crippen LogP contribution in [0.3, 0.4) is 0 Å². The van der Waals surface area contributed by atoms with Crippen molar-refractivity contribution in [3.63, 3.8) is 0 Å². The SMILES string of the molecule is CC(C)(/C=C(/C#N)C(=O)N1CCC[C@@H](n2nc(-c3ccc(Oc4ccccc4)cc3F)c3c(N)ncnc32)C1)N1CCC1.O=C(O)C(F)(F)F.O=C(O)C(F)(F)F.